The second-order valence-electron chi connectivity index (χ2n) is 4.01. The summed E-state index contributed by atoms with van der Waals surface area (Å²) in [7, 11) is 0. The maximum Gasteiger partial charge on any atom is 0.253 e. The fourth-order valence-electron chi connectivity index (χ4n) is 1.97. The summed E-state index contributed by atoms with van der Waals surface area (Å²) in [5.74, 6) is 0.0825. The molecule has 16 heavy (non-hydrogen) atoms. The van der Waals surface area contributed by atoms with E-state index in [1.54, 1.807) is 18.3 Å². The van der Waals surface area contributed by atoms with Crippen molar-refractivity contribution in [3.8, 4) is 0 Å². The van der Waals surface area contributed by atoms with Crippen LogP contribution in [0.4, 0.5) is 0 Å². The van der Waals surface area contributed by atoms with Crippen LogP contribution in [0.25, 0.3) is 0 Å². The Morgan fingerprint density at radius 3 is 2.88 bits per heavy atom. The summed E-state index contributed by atoms with van der Waals surface area (Å²) in [6, 6.07) is 3.51. The largest absolute Gasteiger partial charge is 0.396 e. The van der Waals surface area contributed by atoms with Crippen LogP contribution >= 0.6 is 0 Å². The molecule has 1 fully saturated rings. The van der Waals surface area contributed by atoms with Crippen molar-refractivity contribution >= 4 is 5.91 Å². The average Bonchev–Trinajstić information content (AvgIpc) is 2.82. The zero-order chi connectivity index (χ0) is 11.4. The molecule has 1 saturated heterocycles. The molecule has 0 unspecified atom stereocenters. The predicted octanol–water partition coefficient (Wildman–Crippen LogP) is 0.852. The third kappa shape index (κ3) is 2.39. The molecule has 86 valence electrons. The van der Waals surface area contributed by atoms with E-state index in [4.69, 9.17) is 5.11 Å². The highest BCUT2D eigenvalue weighted by Crippen LogP contribution is 2.13. The summed E-state index contributed by atoms with van der Waals surface area (Å²) >= 11 is 0. The van der Waals surface area contributed by atoms with Gasteiger partial charge in [0, 0.05) is 43.6 Å². The number of aromatic nitrogens is 1. The van der Waals surface area contributed by atoms with Crippen molar-refractivity contribution < 1.29 is 9.90 Å². The molecule has 1 aromatic rings. The number of carbonyl (C=O) groups is 1. The van der Waals surface area contributed by atoms with Crippen LogP contribution < -0.4 is 0 Å². The zero-order valence-corrected chi connectivity index (χ0v) is 9.22. The fourth-order valence-corrected chi connectivity index (χ4v) is 1.97. The van der Waals surface area contributed by atoms with E-state index >= 15 is 0 Å². The number of rotatable bonds is 3. The summed E-state index contributed by atoms with van der Waals surface area (Å²) in [5.41, 5.74) is 1.45. The van der Waals surface area contributed by atoms with Gasteiger partial charge in [-0.25, -0.2) is 0 Å². The van der Waals surface area contributed by atoms with Crippen molar-refractivity contribution in [3.05, 3.63) is 29.6 Å². The predicted molar refractivity (Wildman–Crippen MR) is 60.2 cm³/mol. The number of likely N-dealkylation sites (tertiary alicyclic amines) is 1. The summed E-state index contributed by atoms with van der Waals surface area (Å²) in [5, 5.41) is 8.83. The first-order chi connectivity index (χ1) is 7.81. The standard InChI is InChI=1S/C12H16N2O2/c15-8-4-11-9-10(3-5-13-11)12(16)14-6-1-2-7-14/h3,5,9,15H,1-2,4,6-8H2. The lowest BCUT2D eigenvalue weighted by Crippen LogP contribution is -2.27. The fraction of sp³-hybridized carbons (Fsp3) is 0.500. The third-order valence-corrected chi connectivity index (χ3v) is 2.82. The molecule has 0 aliphatic carbocycles. The molecule has 2 rings (SSSR count). The number of nitrogens with zero attached hydrogens (tertiary/aromatic N) is 2. The Morgan fingerprint density at radius 2 is 2.19 bits per heavy atom. The normalized spacial score (nSPS) is 15.4. The molecule has 0 radical (unpaired) electrons. The van der Waals surface area contributed by atoms with E-state index in [2.05, 4.69) is 4.98 Å². The average molecular weight is 220 g/mol. The van der Waals surface area contributed by atoms with E-state index < -0.39 is 0 Å². The highest BCUT2D eigenvalue weighted by atomic mass is 16.3. The number of pyridine rings is 1. The van der Waals surface area contributed by atoms with E-state index in [0.29, 0.717) is 12.0 Å². The van der Waals surface area contributed by atoms with Crippen LogP contribution in [0.15, 0.2) is 18.3 Å². The topological polar surface area (TPSA) is 53.4 Å². The Balaban J connectivity index is 2.12. The van der Waals surface area contributed by atoms with E-state index in [1.807, 2.05) is 4.90 Å². The van der Waals surface area contributed by atoms with Crippen LogP contribution in [-0.2, 0) is 6.42 Å². The Hall–Kier alpha value is -1.42. The van der Waals surface area contributed by atoms with E-state index in [9.17, 15) is 4.79 Å². The van der Waals surface area contributed by atoms with Gasteiger partial charge >= 0.3 is 0 Å². The molecule has 0 atom stereocenters. The lowest BCUT2D eigenvalue weighted by molar-refractivity contribution is 0.0792. The molecule has 0 saturated carbocycles. The van der Waals surface area contributed by atoms with Crippen LogP contribution in [-0.4, -0.2) is 40.6 Å². The molecule has 4 nitrogen and oxygen atoms in total. The Bertz CT molecular complexity index is 373. The first kappa shape index (κ1) is 11.1. The lowest BCUT2D eigenvalue weighted by Gasteiger charge is -2.15. The summed E-state index contributed by atoms with van der Waals surface area (Å²) in [6.45, 7) is 1.78. The molecule has 0 aromatic carbocycles. The summed E-state index contributed by atoms with van der Waals surface area (Å²) < 4.78 is 0. The van der Waals surface area contributed by atoms with Gasteiger partial charge in [-0.2, -0.15) is 0 Å². The first-order valence-electron chi connectivity index (χ1n) is 5.66. The molecule has 2 heterocycles. The van der Waals surface area contributed by atoms with Gasteiger partial charge < -0.3 is 10.0 Å². The Labute approximate surface area is 94.9 Å². The number of carbonyl (C=O) groups excluding carboxylic acids is 1. The number of hydrogen-bond donors (Lipinski definition) is 1. The number of aliphatic hydroxyl groups is 1. The summed E-state index contributed by atoms with van der Waals surface area (Å²) in [6.07, 6.45) is 4.33. The maximum atomic E-state index is 12.0. The molecule has 1 amide bonds. The maximum absolute atomic E-state index is 12.0. The van der Waals surface area contributed by atoms with Crippen molar-refractivity contribution in [3.63, 3.8) is 0 Å². The van der Waals surface area contributed by atoms with Crippen LogP contribution in [0.3, 0.4) is 0 Å². The van der Waals surface area contributed by atoms with Crippen LogP contribution in [0, 0.1) is 0 Å². The third-order valence-electron chi connectivity index (χ3n) is 2.82. The molecular formula is C12H16N2O2. The molecular weight excluding hydrogens is 204 g/mol. The van der Waals surface area contributed by atoms with Crippen molar-refractivity contribution in [2.75, 3.05) is 19.7 Å². The Kier molecular flexibility index (Phi) is 3.51. The minimum Gasteiger partial charge on any atom is -0.396 e. The molecule has 1 aromatic heterocycles. The molecule has 1 aliphatic heterocycles. The highest BCUT2D eigenvalue weighted by molar-refractivity contribution is 5.94. The first-order valence-corrected chi connectivity index (χ1v) is 5.66. The van der Waals surface area contributed by atoms with Gasteiger partial charge in [-0.3, -0.25) is 9.78 Å². The highest BCUT2D eigenvalue weighted by Gasteiger charge is 2.19. The van der Waals surface area contributed by atoms with Crippen molar-refractivity contribution in [2.45, 2.75) is 19.3 Å². The minimum absolute atomic E-state index is 0.0638. The van der Waals surface area contributed by atoms with Gasteiger partial charge in [-0.15, -0.1) is 0 Å². The molecule has 4 heteroatoms. The van der Waals surface area contributed by atoms with E-state index in [0.717, 1.165) is 31.6 Å². The van der Waals surface area contributed by atoms with Gasteiger partial charge in [0.05, 0.1) is 0 Å². The van der Waals surface area contributed by atoms with Gasteiger partial charge in [0.15, 0.2) is 0 Å². The molecule has 1 N–H and O–H groups in total. The Morgan fingerprint density at radius 1 is 1.44 bits per heavy atom. The van der Waals surface area contributed by atoms with Crippen molar-refractivity contribution in [1.29, 1.82) is 0 Å². The lowest BCUT2D eigenvalue weighted by atomic mass is 10.2. The quantitative estimate of drug-likeness (QED) is 0.821. The van der Waals surface area contributed by atoms with Gasteiger partial charge in [-0.05, 0) is 25.0 Å². The zero-order valence-electron chi connectivity index (χ0n) is 9.22. The number of aliphatic hydroxyl groups excluding tert-OH is 1. The van der Waals surface area contributed by atoms with Crippen molar-refractivity contribution in [2.24, 2.45) is 0 Å². The minimum atomic E-state index is 0.0638. The van der Waals surface area contributed by atoms with Crippen LogP contribution in [0.2, 0.25) is 0 Å². The van der Waals surface area contributed by atoms with Crippen LogP contribution in [0.5, 0.6) is 0 Å². The number of amides is 1. The molecule has 1 aliphatic rings. The SMILES string of the molecule is O=C(c1ccnc(CCO)c1)N1CCCC1. The molecule has 0 spiro atoms. The summed E-state index contributed by atoms with van der Waals surface area (Å²) in [4.78, 5) is 18.0. The van der Waals surface area contributed by atoms with Crippen molar-refractivity contribution in [1.82, 2.24) is 9.88 Å². The van der Waals surface area contributed by atoms with Crippen LogP contribution in [0.1, 0.15) is 28.9 Å². The monoisotopic (exact) mass is 220 g/mol. The number of hydrogen-bond acceptors (Lipinski definition) is 3. The second-order valence-corrected chi connectivity index (χ2v) is 4.01. The van der Waals surface area contributed by atoms with Gasteiger partial charge in [0.25, 0.3) is 5.91 Å². The van der Waals surface area contributed by atoms with Gasteiger partial charge in [0.1, 0.15) is 0 Å². The van der Waals surface area contributed by atoms with Gasteiger partial charge in [0.2, 0.25) is 0 Å². The molecule has 0 bridgehead atoms. The van der Waals surface area contributed by atoms with E-state index in [-0.39, 0.29) is 12.5 Å². The van der Waals surface area contributed by atoms with E-state index in [1.165, 1.54) is 0 Å². The van der Waals surface area contributed by atoms with Gasteiger partial charge in [-0.1, -0.05) is 0 Å². The smallest absolute Gasteiger partial charge is 0.253 e. The second kappa shape index (κ2) is 5.07.